The molecule has 0 aromatic heterocycles. The zero-order valence-corrected chi connectivity index (χ0v) is 17.4. The van der Waals surface area contributed by atoms with Gasteiger partial charge in [-0.2, -0.15) is 0 Å². The van der Waals surface area contributed by atoms with Crippen LogP contribution in [0, 0.1) is 11.8 Å². The van der Waals surface area contributed by atoms with E-state index in [2.05, 4.69) is 10.6 Å². The molecule has 0 spiro atoms. The first-order valence-electron chi connectivity index (χ1n) is 10.1. The SMILES string of the molecule is COc1ccc(N)c(NC(=O)C2CCC(NC(=O)CC3CCCC3)CC2)c1.Cl. The fourth-order valence-corrected chi connectivity index (χ4v) is 4.27. The first-order valence-corrected chi connectivity index (χ1v) is 10.1. The molecule has 2 amide bonds. The van der Waals surface area contributed by atoms with Crippen LogP contribution < -0.4 is 21.1 Å². The van der Waals surface area contributed by atoms with Crippen molar-refractivity contribution in [2.75, 3.05) is 18.2 Å². The first-order chi connectivity index (χ1) is 13.0. The minimum absolute atomic E-state index is 0. The maximum absolute atomic E-state index is 12.6. The Hall–Kier alpha value is -1.95. The molecule has 0 unspecified atom stereocenters. The molecule has 28 heavy (non-hydrogen) atoms. The number of anilines is 2. The van der Waals surface area contributed by atoms with Gasteiger partial charge in [-0.15, -0.1) is 12.4 Å². The maximum Gasteiger partial charge on any atom is 0.227 e. The zero-order valence-electron chi connectivity index (χ0n) is 16.5. The van der Waals surface area contributed by atoms with Crippen LogP contribution in [0.3, 0.4) is 0 Å². The van der Waals surface area contributed by atoms with Gasteiger partial charge in [0.05, 0.1) is 18.5 Å². The first kappa shape index (κ1) is 22.3. The minimum atomic E-state index is -0.0430. The van der Waals surface area contributed by atoms with Gasteiger partial charge < -0.3 is 21.1 Å². The number of nitrogen functional groups attached to an aromatic ring is 1. The normalized spacial score (nSPS) is 22.2. The fraction of sp³-hybridized carbons (Fsp3) is 0.619. The summed E-state index contributed by atoms with van der Waals surface area (Å²) in [5, 5.41) is 6.10. The van der Waals surface area contributed by atoms with E-state index < -0.39 is 0 Å². The van der Waals surface area contributed by atoms with Crippen molar-refractivity contribution < 1.29 is 14.3 Å². The van der Waals surface area contributed by atoms with Gasteiger partial charge in [0.25, 0.3) is 0 Å². The summed E-state index contributed by atoms with van der Waals surface area (Å²) >= 11 is 0. The van der Waals surface area contributed by atoms with Gasteiger partial charge in [0, 0.05) is 24.4 Å². The van der Waals surface area contributed by atoms with Crippen molar-refractivity contribution in [3.63, 3.8) is 0 Å². The lowest BCUT2D eigenvalue weighted by atomic mass is 9.85. The Morgan fingerprint density at radius 3 is 2.43 bits per heavy atom. The largest absolute Gasteiger partial charge is 0.497 e. The number of carbonyl (C=O) groups is 2. The van der Waals surface area contributed by atoms with Crippen LogP contribution in [0.5, 0.6) is 5.75 Å². The number of carbonyl (C=O) groups excluding carboxylic acids is 2. The zero-order chi connectivity index (χ0) is 19.2. The highest BCUT2D eigenvalue weighted by atomic mass is 35.5. The van der Waals surface area contributed by atoms with Crippen LogP contribution in [0.15, 0.2) is 18.2 Å². The highest BCUT2D eigenvalue weighted by molar-refractivity contribution is 5.95. The second-order valence-corrected chi connectivity index (χ2v) is 7.91. The molecule has 1 aromatic rings. The number of nitrogens with one attached hydrogen (secondary N) is 2. The number of halogens is 1. The van der Waals surface area contributed by atoms with Crippen LogP contribution in [0.25, 0.3) is 0 Å². The Balaban J connectivity index is 0.00000280. The molecule has 6 nitrogen and oxygen atoms in total. The van der Waals surface area contributed by atoms with Crippen LogP contribution in [0.2, 0.25) is 0 Å². The molecule has 2 saturated carbocycles. The third-order valence-corrected chi connectivity index (χ3v) is 5.93. The van der Waals surface area contributed by atoms with Gasteiger partial charge in [-0.1, -0.05) is 12.8 Å². The maximum atomic E-state index is 12.6. The van der Waals surface area contributed by atoms with E-state index in [4.69, 9.17) is 10.5 Å². The molecule has 0 bridgehead atoms. The second kappa shape index (κ2) is 10.6. The molecular formula is C21H32ClN3O3. The van der Waals surface area contributed by atoms with E-state index in [9.17, 15) is 9.59 Å². The van der Waals surface area contributed by atoms with Gasteiger partial charge in [-0.3, -0.25) is 9.59 Å². The van der Waals surface area contributed by atoms with Crippen LogP contribution in [-0.4, -0.2) is 25.0 Å². The molecule has 156 valence electrons. The highest BCUT2D eigenvalue weighted by Gasteiger charge is 2.28. The average molecular weight is 410 g/mol. The number of amides is 2. The monoisotopic (exact) mass is 409 g/mol. The Bertz CT molecular complexity index is 669. The number of benzene rings is 1. The van der Waals surface area contributed by atoms with Crippen molar-refractivity contribution in [3.05, 3.63) is 18.2 Å². The lowest BCUT2D eigenvalue weighted by Crippen LogP contribution is -2.40. The molecular weight excluding hydrogens is 378 g/mol. The van der Waals surface area contributed by atoms with E-state index in [-0.39, 0.29) is 36.2 Å². The van der Waals surface area contributed by atoms with Crippen LogP contribution in [0.1, 0.15) is 57.8 Å². The summed E-state index contributed by atoms with van der Waals surface area (Å²) in [6.07, 6.45) is 8.82. The van der Waals surface area contributed by atoms with E-state index in [1.54, 1.807) is 25.3 Å². The van der Waals surface area contributed by atoms with E-state index in [0.29, 0.717) is 29.5 Å². The van der Waals surface area contributed by atoms with Crippen molar-refractivity contribution in [3.8, 4) is 5.75 Å². The number of nitrogens with two attached hydrogens (primary N) is 1. The molecule has 2 aliphatic carbocycles. The number of methoxy groups -OCH3 is 1. The summed E-state index contributed by atoms with van der Waals surface area (Å²) in [6.45, 7) is 0. The van der Waals surface area contributed by atoms with Gasteiger partial charge in [-0.05, 0) is 56.6 Å². The molecule has 2 aliphatic rings. The smallest absolute Gasteiger partial charge is 0.227 e. The van der Waals surface area contributed by atoms with Crippen LogP contribution in [0.4, 0.5) is 11.4 Å². The molecule has 0 atom stereocenters. The number of ether oxygens (including phenoxy) is 1. The molecule has 1 aromatic carbocycles. The van der Waals surface area contributed by atoms with Crippen LogP contribution >= 0.6 is 12.4 Å². The summed E-state index contributed by atoms with van der Waals surface area (Å²) in [6, 6.07) is 5.43. The molecule has 2 fully saturated rings. The summed E-state index contributed by atoms with van der Waals surface area (Å²) in [4.78, 5) is 24.8. The Kier molecular flexibility index (Phi) is 8.42. The Labute approximate surface area is 173 Å². The number of hydrogen-bond donors (Lipinski definition) is 3. The third kappa shape index (κ3) is 6.03. The van der Waals surface area contributed by atoms with E-state index in [1.165, 1.54) is 25.7 Å². The standard InChI is InChI=1S/C21H31N3O3.ClH/c1-27-17-10-11-18(22)19(13-17)24-21(26)15-6-8-16(9-7-15)23-20(25)12-14-4-2-3-5-14;/h10-11,13-16H,2-9,12,22H2,1H3,(H,23,25)(H,24,26);1H. The summed E-state index contributed by atoms with van der Waals surface area (Å²) < 4.78 is 5.19. The van der Waals surface area contributed by atoms with E-state index in [1.807, 2.05) is 0 Å². The minimum Gasteiger partial charge on any atom is -0.497 e. The van der Waals surface area contributed by atoms with E-state index in [0.717, 1.165) is 25.7 Å². The Morgan fingerprint density at radius 2 is 1.79 bits per heavy atom. The average Bonchev–Trinajstić information content (AvgIpc) is 3.17. The number of rotatable bonds is 6. The highest BCUT2D eigenvalue weighted by Crippen LogP contribution is 2.30. The fourth-order valence-electron chi connectivity index (χ4n) is 4.27. The third-order valence-electron chi connectivity index (χ3n) is 5.93. The van der Waals surface area contributed by atoms with Gasteiger partial charge in [0.2, 0.25) is 11.8 Å². The summed E-state index contributed by atoms with van der Waals surface area (Å²) in [7, 11) is 1.58. The topological polar surface area (TPSA) is 93.4 Å². The lowest BCUT2D eigenvalue weighted by Gasteiger charge is -2.29. The molecule has 0 saturated heterocycles. The predicted octanol–water partition coefficient (Wildman–Crippen LogP) is 3.89. The second-order valence-electron chi connectivity index (χ2n) is 7.91. The Morgan fingerprint density at radius 1 is 1.11 bits per heavy atom. The van der Waals surface area contributed by atoms with Gasteiger partial charge in [0.15, 0.2) is 0 Å². The summed E-state index contributed by atoms with van der Waals surface area (Å²) in [5.41, 5.74) is 7.06. The van der Waals surface area contributed by atoms with Gasteiger partial charge >= 0.3 is 0 Å². The predicted molar refractivity (Wildman–Crippen MR) is 114 cm³/mol. The molecule has 0 radical (unpaired) electrons. The van der Waals surface area contributed by atoms with Gasteiger partial charge in [-0.25, -0.2) is 0 Å². The van der Waals surface area contributed by atoms with E-state index >= 15 is 0 Å². The molecule has 7 heteroatoms. The summed E-state index contributed by atoms with van der Waals surface area (Å²) in [5.74, 6) is 1.36. The van der Waals surface area contributed by atoms with Crippen LogP contribution in [-0.2, 0) is 9.59 Å². The van der Waals surface area contributed by atoms with Crippen molar-refractivity contribution in [1.29, 1.82) is 0 Å². The molecule has 4 N–H and O–H groups in total. The molecule has 3 rings (SSSR count). The quantitative estimate of drug-likeness (QED) is 0.621. The van der Waals surface area contributed by atoms with Crippen molar-refractivity contribution in [2.45, 2.75) is 63.8 Å². The van der Waals surface area contributed by atoms with Crippen molar-refractivity contribution in [1.82, 2.24) is 5.32 Å². The molecule has 0 aliphatic heterocycles. The lowest BCUT2D eigenvalue weighted by molar-refractivity contribution is -0.123. The molecule has 0 heterocycles. The van der Waals surface area contributed by atoms with Crippen molar-refractivity contribution >= 4 is 35.6 Å². The van der Waals surface area contributed by atoms with Crippen molar-refractivity contribution in [2.24, 2.45) is 11.8 Å². The van der Waals surface area contributed by atoms with Gasteiger partial charge in [0.1, 0.15) is 5.75 Å². The number of hydrogen-bond acceptors (Lipinski definition) is 4.